The first-order chi connectivity index (χ1) is 11.6. The van der Waals surface area contributed by atoms with Crippen molar-refractivity contribution in [2.75, 3.05) is 31.5 Å². The molecule has 5 nitrogen and oxygen atoms in total. The topological polar surface area (TPSA) is 52.7 Å². The van der Waals surface area contributed by atoms with Gasteiger partial charge in [-0.1, -0.05) is 40.2 Å². The maximum atomic E-state index is 12.5. The maximum Gasteiger partial charge on any atom is 0.321 e. The third-order valence-corrected chi connectivity index (χ3v) is 4.44. The van der Waals surface area contributed by atoms with Crippen molar-refractivity contribution in [1.82, 2.24) is 9.80 Å². The molecule has 3 amide bonds. The summed E-state index contributed by atoms with van der Waals surface area (Å²) >= 11 is 3.38. The lowest BCUT2D eigenvalue weighted by molar-refractivity contribution is 0.0671. The van der Waals surface area contributed by atoms with Crippen LogP contribution in [0.5, 0.6) is 0 Å². The predicted molar refractivity (Wildman–Crippen MR) is 97.1 cm³/mol. The van der Waals surface area contributed by atoms with E-state index in [1.54, 1.807) is 9.80 Å². The number of carbonyl (C=O) groups excluding carboxylic acids is 2. The fraction of sp³-hybridized carbons (Fsp3) is 0.222. The molecule has 6 heteroatoms. The second-order valence-corrected chi connectivity index (χ2v) is 6.50. The summed E-state index contributed by atoms with van der Waals surface area (Å²) in [6.07, 6.45) is 0. The average Bonchev–Trinajstić information content (AvgIpc) is 2.62. The van der Waals surface area contributed by atoms with E-state index in [4.69, 9.17) is 0 Å². The van der Waals surface area contributed by atoms with Crippen LogP contribution in [0.4, 0.5) is 10.5 Å². The van der Waals surface area contributed by atoms with Crippen LogP contribution in [0.1, 0.15) is 10.4 Å². The van der Waals surface area contributed by atoms with Crippen LogP contribution in [0.15, 0.2) is 59.1 Å². The van der Waals surface area contributed by atoms with Gasteiger partial charge in [0.1, 0.15) is 0 Å². The van der Waals surface area contributed by atoms with Crippen molar-refractivity contribution in [2.24, 2.45) is 0 Å². The van der Waals surface area contributed by atoms with Gasteiger partial charge < -0.3 is 15.1 Å². The van der Waals surface area contributed by atoms with Crippen LogP contribution in [-0.2, 0) is 0 Å². The van der Waals surface area contributed by atoms with Gasteiger partial charge in [-0.2, -0.15) is 0 Å². The zero-order valence-corrected chi connectivity index (χ0v) is 14.7. The zero-order valence-electron chi connectivity index (χ0n) is 13.1. The van der Waals surface area contributed by atoms with E-state index in [9.17, 15) is 9.59 Å². The third-order valence-electron chi connectivity index (χ3n) is 3.95. The van der Waals surface area contributed by atoms with Crippen LogP contribution >= 0.6 is 15.9 Å². The van der Waals surface area contributed by atoms with Crippen molar-refractivity contribution in [3.63, 3.8) is 0 Å². The second-order valence-electron chi connectivity index (χ2n) is 5.59. The Morgan fingerprint density at radius 2 is 1.54 bits per heavy atom. The number of hydrogen-bond donors (Lipinski definition) is 1. The number of amides is 3. The molecule has 3 rings (SSSR count). The standard InChI is InChI=1S/C18H18BrN3O2/c19-15-6-4-5-14(13-15)17(23)21-9-11-22(12-10-21)18(24)20-16-7-2-1-3-8-16/h1-8,13H,9-12H2,(H,20,24). The number of hydrogen-bond acceptors (Lipinski definition) is 2. The van der Waals surface area contributed by atoms with Crippen LogP contribution in [0, 0.1) is 0 Å². The first-order valence-electron chi connectivity index (χ1n) is 7.79. The van der Waals surface area contributed by atoms with Gasteiger partial charge >= 0.3 is 6.03 Å². The number of rotatable bonds is 2. The minimum atomic E-state index is -0.129. The predicted octanol–water partition coefficient (Wildman–Crippen LogP) is 3.44. The summed E-state index contributed by atoms with van der Waals surface area (Å²) in [6, 6.07) is 16.6. The Morgan fingerprint density at radius 1 is 0.875 bits per heavy atom. The fourth-order valence-electron chi connectivity index (χ4n) is 2.64. The molecule has 0 saturated carbocycles. The van der Waals surface area contributed by atoms with E-state index in [0.29, 0.717) is 31.7 Å². The van der Waals surface area contributed by atoms with Crippen molar-refractivity contribution >= 4 is 33.6 Å². The summed E-state index contributed by atoms with van der Waals surface area (Å²) in [5.41, 5.74) is 1.43. The summed E-state index contributed by atoms with van der Waals surface area (Å²) in [5.74, 6) is -0.000539. The number of nitrogens with zero attached hydrogens (tertiary/aromatic N) is 2. The highest BCUT2D eigenvalue weighted by Crippen LogP contribution is 2.15. The molecule has 1 N–H and O–H groups in total. The van der Waals surface area contributed by atoms with E-state index in [0.717, 1.165) is 10.2 Å². The minimum Gasteiger partial charge on any atom is -0.335 e. The molecule has 0 spiro atoms. The SMILES string of the molecule is O=C(Nc1ccccc1)N1CCN(C(=O)c2cccc(Br)c2)CC1. The van der Waals surface area contributed by atoms with Crippen LogP contribution in [-0.4, -0.2) is 47.9 Å². The smallest absolute Gasteiger partial charge is 0.321 e. The summed E-state index contributed by atoms with van der Waals surface area (Å²) in [4.78, 5) is 28.3. The molecule has 2 aromatic carbocycles. The third kappa shape index (κ3) is 3.94. The largest absolute Gasteiger partial charge is 0.335 e. The van der Waals surface area contributed by atoms with Crippen molar-refractivity contribution in [3.8, 4) is 0 Å². The van der Waals surface area contributed by atoms with Crippen molar-refractivity contribution < 1.29 is 9.59 Å². The van der Waals surface area contributed by atoms with Crippen LogP contribution in [0.2, 0.25) is 0 Å². The van der Waals surface area contributed by atoms with Crippen LogP contribution in [0.25, 0.3) is 0 Å². The lowest BCUT2D eigenvalue weighted by atomic mass is 10.2. The quantitative estimate of drug-likeness (QED) is 0.857. The molecule has 0 unspecified atom stereocenters. The van der Waals surface area contributed by atoms with Gasteiger partial charge in [-0.25, -0.2) is 4.79 Å². The van der Waals surface area contributed by atoms with Gasteiger partial charge in [0.05, 0.1) is 0 Å². The van der Waals surface area contributed by atoms with E-state index in [1.165, 1.54) is 0 Å². The maximum absolute atomic E-state index is 12.5. The number of carbonyl (C=O) groups is 2. The van der Waals surface area contributed by atoms with Crippen LogP contribution in [0.3, 0.4) is 0 Å². The number of anilines is 1. The molecule has 2 aromatic rings. The Labute approximate surface area is 149 Å². The van der Waals surface area contributed by atoms with Crippen LogP contribution < -0.4 is 5.32 Å². The normalized spacial score (nSPS) is 14.4. The number of halogens is 1. The first-order valence-corrected chi connectivity index (χ1v) is 8.58. The molecule has 0 aromatic heterocycles. The summed E-state index contributed by atoms with van der Waals surface area (Å²) in [5, 5.41) is 2.87. The lowest BCUT2D eigenvalue weighted by Gasteiger charge is -2.34. The monoisotopic (exact) mass is 387 g/mol. The van der Waals surface area contributed by atoms with Gasteiger partial charge in [-0.3, -0.25) is 4.79 Å². The van der Waals surface area contributed by atoms with Gasteiger partial charge in [-0.15, -0.1) is 0 Å². The highest BCUT2D eigenvalue weighted by atomic mass is 79.9. The molecule has 124 valence electrons. The van der Waals surface area contributed by atoms with E-state index in [1.807, 2.05) is 54.6 Å². The number of para-hydroxylation sites is 1. The Balaban J connectivity index is 1.55. The molecule has 24 heavy (non-hydrogen) atoms. The van der Waals surface area contributed by atoms with Gasteiger partial charge in [-0.05, 0) is 30.3 Å². The van der Waals surface area contributed by atoms with E-state index >= 15 is 0 Å². The fourth-order valence-corrected chi connectivity index (χ4v) is 3.04. The van der Waals surface area contributed by atoms with Gasteiger partial charge in [0.15, 0.2) is 0 Å². The second kappa shape index (κ2) is 7.49. The molecule has 0 aliphatic carbocycles. The van der Waals surface area contributed by atoms with Gasteiger partial charge in [0.25, 0.3) is 5.91 Å². The lowest BCUT2D eigenvalue weighted by Crippen LogP contribution is -2.51. The minimum absolute atomic E-state index is 0.000539. The van der Waals surface area contributed by atoms with Crippen molar-refractivity contribution in [3.05, 3.63) is 64.6 Å². The van der Waals surface area contributed by atoms with E-state index in [-0.39, 0.29) is 11.9 Å². The zero-order chi connectivity index (χ0) is 16.9. The van der Waals surface area contributed by atoms with Gasteiger partial charge in [0, 0.05) is 41.9 Å². The molecule has 1 saturated heterocycles. The Kier molecular flexibility index (Phi) is 5.15. The average molecular weight is 388 g/mol. The summed E-state index contributed by atoms with van der Waals surface area (Å²) in [6.45, 7) is 2.12. The first kappa shape index (κ1) is 16.5. The number of piperazine rings is 1. The molecule has 0 atom stereocenters. The highest BCUT2D eigenvalue weighted by molar-refractivity contribution is 9.10. The van der Waals surface area contributed by atoms with Crippen molar-refractivity contribution in [2.45, 2.75) is 0 Å². The number of urea groups is 1. The molecule has 1 fully saturated rings. The van der Waals surface area contributed by atoms with E-state index < -0.39 is 0 Å². The number of benzene rings is 2. The molecule has 1 heterocycles. The molecule has 1 aliphatic heterocycles. The molecular formula is C18H18BrN3O2. The van der Waals surface area contributed by atoms with Gasteiger partial charge in [0.2, 0.25) is 0 Å². The number of nitrogens with one attached hydrogen (secondary N) is 1. The van der Waals surface area contributed by atoms with Crippen molar-refractivity contribution in [1.29, 1.82) is 0 Å². The summed E-state index contributed by atoms with van der Waals surface area (Å²) < 4.78 is 0.884. The Bertz CT molecular complexity index is 728. The van der Waals surface area contributed by atoms with E-state index in [2.05, 4.69) is 21.2 Å². The molecule has 1 aliphatic rings. The Hall–Kier alpha value is -2.34. The summed E-state index contributed by atoms with van der Waals surface area (Å²) in [7, 11) is 0. The highest BCUT2D eigenvalue weighted by Gasteiger charge is 2.24. The molecule has 0 radical (unpaired) electrons. The molecular weight excluding hydrogens is 370 g/mol. The Morgan fingerprint density at radius 3 is 2.21 bits per heavy atom. The molecule has 0 bridgehead atoms.